The van der Waals surface area contributed by atoms with E-state index >= 15 is 0 Å². The highest BCUT2D eigenvalue weighted by molar-refractivity contribution is 6.31. The third-order valence-electron chi connectivity index (χ3n) is 3.57. The minimum absolute atomic E-state index is 0.0441. The Morgan fingerprint density at radius 2 is 2.33 bits per heavy atom. The van der Waals surface area contributed by atoms with Crippen LogP contribution in [-0.2, 0) is 4.79 Å². The third kappa shape index (κ3) is 2.85. The number of aromatic amines is 1. The number of carbonyl (C=O) groups is 1. The second-order valence-corrected chi connectivity index (χ2v) is 5.62. The van der Waals surface area contributed by atoms with Gasteiger partial charge in [0.1, 0.15) is 5.82 Å². The molecule has 1 unspecified atom stereocenters. The molecule has 2 aromatic rings. The number of nitrogens with zero attached hydrogens (tertiary/aromatic N) is 2. The maximum atomic E-state index is 11.7. The summed E-state index contributed by atoms with van der Waals surface area (Å²) >= 11 is 5.96. The Kier molecular flexibility index (Phi) is 3.55. The monoisotopic (exact) mass is 306 g/mol. The van der Waals surface area contributed by atoms with Crippen LogP contribution in [0.1, 0.15) is 13.3 Å². The van der Waals surface area contributed by atoms with Gasteiger partial charge >= 0.3 is 5.69 Å². The predicted octanol–water partition coefficient (Wildman–Crippen LogP) is 1.29. The van der Waals surface area contributed by atoms with E-state index in [9.17, 15) is 9.59 Å². The summed E-state index contributed by atoms with van der Waals surface area (Å²) < 4.78 is 0. The SMILES string of the molecule is CC(=O)NC1CCN(c2nc(=O)[nH]c3cc(Cl)ccc23)C1. The summed E-state index contributed by atoms with van der Waals surface area (Å²) in [7, 11) is 0. The van der Waals surface area contributed by atoms with Crippen LogP contribution in [0.15, 0.2) is 23.0 Å². The quantitative estimate of drug-likeness (QED) is 0.876. The van der Waals surface area contributed by atoms with Crippen LogP contribution in [0.25, 0.3) is 10.9 Å². The fraction of sp³-hybridized carbons (Fsp3) is 0.357. The van der Waals surface area contributed by atoms with E-state index in [1.165, 1.54) is 6.92 Å². The normalized spacial score (nSPS) is 18.2. The number of H-pyrrole nitrogens is 1. The van der Waals surface area contributed by atoms with Gasteiger partial charge in [0.05, 0.1) is 5.52 Å². The van der Waals surface area contributed by atoms with Crippen LogP contribution >= 0.6 is 11.6 Å². The molecule has 0 saturated carbocycles. The van der Waals surface area contributed by atoms with Gasteiger partial charge in [0.15, 0.2) is 0 Å². The second-order valence-electron chi connectivity index (χ2n) is 5.19. The summed E-state index contributed by atoms with van der Waals surface area (Å²) in [5.74, 6) is 0.593. The van der Waals surface area contributed by atoms with Crippen molar-refractivity contribution in [1.29, 1.82) is 0 Å². The van der Waals surface area contributed by atoms with Gasteiger partial charge in [-0.05, 0) is 24.6 Å². The van der Waals surface area contributed by atoms with E-state index in [0.717, 1.165) is 18.4 Å². The number of halogens is 1. The van der Waals surface area contributed by atoms with Gasteiger partial charge in [0.25, 0.3) is 0 Å². The molecule has 1 fully saturated rings. The highest BCUT2D eigenvalue weighted by Gasteiger charge is 2.25. The summed E-state index contributed by atoms with van der Waals surface area (Å²) in [4.78, 5) is 31.7. The lowest BCUT2D eigenvalue weighted by molar-refractivity contribution is -0.119. The maximum Gasteiger partial charge on any atom is 0.347 e. The number of carbonyl (C=O) groups excluding carboxylic acids is 1. The molecule has 1 aromatic carbocycles. The van der Waals surface area contributed by atoms with Gasteiger partial charge in [-0.2, -0.15) is 4.98 Å². The van der Waals surface area contributed by atoms with Gasteiger partial charge in [0, 0.05) is 36.5 Å². The molecule has 0 spiro atoms. The molecule has 0 radical (unpaired) electrons. The lowest BCUT2D eigenvalue weighted by atomic mass is 10.2. The Hall–Kier alpha value is -2.08. The first-order valence-corrected chi connectivity index (χ1v) is 7.12. The summed E-state index contributed by atoms with van der Waals surface area (Å²) in [5.41, 5.74) is 0.267. The number of benzene rings is 1. The Bertz CT molecular complexity index is 758. The molecule has 1 aliphatic rings. The van der Waals surface area contributed by atoms with Gasteiger partial charge < -0.3 is 15.2 Å². The van der Waals surface area contributed by atoms with Crippen molar-refractivity contribution in [3.8, 4) is 0 Å². The molecule has 1 atom stereocenters. The standard InChI is InChI=1S/C14H15ClN4O2/c1-8(20)16-10-4-5-19(7-10)13-11-3-2-9(15)6-12(11)17-14(21)18-13/h2-3,6,10H,4-5,7H2,1H3,(H,16,20)(H,17,18,21). The van der Waals surface area contributed by atoms with Crippen molar-refractivity contribution < 1.29 is 4.79 Å². The van der Waals surface area contributed by atoms with Crippen molar-refractivity contribution in [1.82, 2.24) is 15.3 Å². The molecule has 0 aliphatic carbocycles. The molecule has 7 heteroatoms. The minimum atomic E-state index is -0.400. The molecule has 2 heterocycles. The first-order valence-electron chi connectivity index (χ1n) is 6.74. The van der Waals surface area contributed by atoms with Gasteiger partial charge in [-0.25, -0.2) is 4.79 Å². The van der Waals surface area contributed by atoms with Crippen LogP contribution in [0.3, 0.4) is 0 Å². The van der Waals surface area contributed by atoms with Crippen LogP contribution in [0.4, 0.5) is 5.82 Å². The van der Waals surface area contributed by atoms with E-state index in [-0.39, 0.29) is 11.9 Å². The fourth-order valence-electron chi connectivity index (χ4n) is 2.71. The van der Waals surface area contributed by atoms with Gasteiger partial charge in [0.2, 0.25) is 5.91 Å². The Labute approximate surface area is 126 Å². The van der Waals surface area contributed by atoms with Crippen LogP contribution in [0.2, 0.25) is 5.02 Å². The number of aromatic nitrogens is 2. The van der Waals surface area contributed by atoms with E-state index < -0.39 is 5.69 Å². The molecule has 3 rings (SSSR count). The molecule has 2 N–H and O–H groups in total. The van der Waals surface area contributed by atoms with Crippen molar-refractivity contribution in [3.05, 3.63) is 33.7 Å². The largest absolute Gasteiger partial charge is 0.354 e. The van der Waals surface area contributed by atoms with Crippen molar-refractivity contribution >= 4 is 34.2 Å². The van der Waals surface area contributed by atoms with Crippen LogP contribution in [-0.4, -0.2) is 35.0 Å². The second kappa shape index (κ2) is 5.37. The molecule has 1 amide bonds. The first-order chi connectivity index (χ1) is 10.0. The zero-order valence-electron chi connectivity index (χ0n) is 11.5. The average Bonchev–Trinajstić information content (AvgIpc) is 2.84. The molecule has 1 saturated heterocycles. The van der Waals surface area contributed by atoms with Gasteiger partial charge in [-0.3, -0.25) is 4.79 Å². The molecule has 0 bridgehead atoms. The number of nitrogens with one attached hydrogen (secondary N) is 2. The van der Waals surface area contributed by atoms with E-state index in [1.54, 1.807) is 12.1 Å². The van der Waals surface area contributed by atoms with Crippen molar-refractivity contribution in [2.24, 2.45) is 0 Å². The fourth-order valence-corrected chi connectivity index (χ4v) is 2.89. The minimum Gasteiger partial charge on any atom is -0.354 e. The van der Waals surface area contributed by atoms with Gasteiger partial charge in [-0.1, -0.05) is 11.6 Å². The Morgan fingerprint density at radius 3 is 3.10 bits per heavy atom. The summed E-state index contributed by atoms with van der Waals surface area (Å²) in [6.45, 7) is 2.90. The number of anilines is 1. The topological polar surface area (TPSA) is 78.1 Å². The van der Waals surface area contributed by atoms with E-state index in [1.807, 2.05) is 11.0 Å². The molecule has 21 heavy (non-hydrogen) atoms. The number of fused-ring (bicyclic) bond motifs is 1. The van der Waals surface area contributed by atoms with Gasteiger partial charge in [-0.15, -0.1) is 0 Å². The van der Waals surface area contributed by atoms with Crippen LogP contribution < -0.4 is 15.9 Å². The lowest BCUT2D eigenvalue weighted by Gasteiger charge is -2.19. The Morgan fingerprint density at radius 1 is 1.52 bits per heavy atom. The smallest absolute Gasteiger partial charge is 0.347 e. The summed E-state index contributed by atoms with van der Waals surface area (Å²) in [6, 6.07) is 5.42. The molecule has 1 aromatic heterocycles. The van der Waals surface area contributed by atoms with Crippen LogP contribution in [0.5, 0.6) is 0 Å². The third-order valence-corrected chi connectivity index (χ3v) is 3.80. The predicted molar refractivity (Wildman–Crippen MR) is 81.8 cm³/mol. The average molecular weight is 307 g/mol. The van der Waals surface area contributed by atoms with Crippen molar-refractivity contribution in [3.63, 3.8) is 0 Å². The molecule has 6 nitrogen and oxygen atoms in total. The van der Waals surface area contributed by atoms with Crippen molar-refractivity contribution in [2.45, 2.75) is 19.4 Å². The number of amides is 1. The molecular weight excluding hydrogens is 292 g/mol. The highest BCUT2D eigenvalue weighted by Crippen LogP contribution is 2.26. The van der Waals surface area contributed by atoms with E-state index in [2.05, 4.69) is 15.3 Å². The van der Waals surface area contributed by atoms with Crippen molar-refractivity contribution in [2.75, 3.05) is 18.0 Å². The molecule has 110 valence electrons. The number of rotatable bonds is 2. The number of hydrogen-bond acceptors (Lipinski definition) is 4. The highest BCUT2D eigenvalue weighted by atomic mass is 35.5. The molecular formula is C14H15ClN4O2. The first kappa shape index (κ1) is 13.9. The van der Waals surface area contributed by atoms with Crippen LogP contribution in [0, 0.1) is 0 Å². The zero-order chi connectivity index (χ0) is 15.0. The van der Waals surface area contributed by atoms with E-state index in [0.29, 0.717) is 22.9 Å². The van der Waals surface area contributed by atoms with E-state index in [4.69, 9.17) is 11.6 Å². The summed E-state index contributed by atoms with van der Waals surface area (Å²) in [5, 5.41) is 4.31. The molecule has 1 aliphatic heterocycles. The lowest BCUT2D eigenvalue weighted by Crippen LogP contribution is -2.36. The summed E-state index contributed by atoms with van der Waals surface area (Å²) in [6.07, 6.45) is 0.836. The zero-order valence-corrected chi connectivity index (χ0v) is 12.3. The number of hydrogen-bond donors (Lipinski definition) is 2. The Balaban J connectivity index is 1.97. The maximum absolute atomic E-state index is 11.7.